The van der Waals surface area contributed by atoms with Crippen LogP contribution >= 0.6 is 0 Å². The summed E-state index contributed by atoms with van der Waals surface area (Å²) in [5, 5.41) is 4.12. The quantitative estimate of drug-likeness (QED) is 0.573. The lowest BCUT2D eigenvalue weighted by Crippen LogP contribution is -2.20. The van der Waals surface area contributed by atoms with E-state index in [9.17, 15) is 35.9 Å². The molecular weight excluding hydrogens is 366 g/mol. The SMILES string of the molecule is O=Cc1cccc(NC(=O)Nc2cc(C(F)(F)F)cc(C(F)(F)F)c2)c1. The van der Waals surface area contributed by atoms with Crippen molar-refractivity contribution in [3.63, 3.8) is 0 Å². The highest BCUT2D eigenvalue weighted by Crippen LogP contribution is 2.37. The molecular formula is C16H10F6N2O2. The number of benzene rings is 2. The summed E-state index contributed by atoms with van der Waals surface area (Å²) in [7, 11) is 0. The van der Waals surface area contributed by atoms with Crippen molar-refractivity contribution in [2.24, 2.45) is 0 Å². The number of urea groups is 1. The Morgan fingerprint density at radius 1 is 0.808 bits per heavy atom. The molecule has 0 atom stereocenters. The molecule has 26 heavy (non-hydrogen) atoms. The van der Waals surface area contributed by atoms with E-state index in [-0.39, 0.29) is 17.3 Å². The van der Waals surface area contributed by atoms with Crippen LogP contribution in [0.15, 0.2) is 42.5 Å². The molecule has 0 unspecified atom stereocenters. The second-order valence-electron chi connectivity index (χ2n) is 5.12. The van der Waals surface area contributed by atoms with Crippen molar-refractivity contribution in [1.29, 1.82) is 0 Å². The van der Waals surface area contributed by atoms with Crippen LogP contribution in [0.1, 0.15) is 21.5 Å². The van der Waals surface area contributed by atoms with Crippen molar-refractivity contribution in [2.45, 2.75) is 12.4 Å². The van der Waals surface area contributed by atoms with Gasteiger partial charge in [-0.05, 0) is 30.3 Å². The van der Waals surface area contributed by atoms with E-state index in [0.717, 1.165) is 0 Å². The van der Waals surface area contributed by atoms with Gasteiger partial charge in [-0.2, -0.15) is 26.3 Å². The normalized spacial score (nSPS) is 11.8. The van der Waals surface area contributed by atoms with Gasteiger partial charge in [0.15, 0.2) is 0 Å². The predicted octanol–water partition coefficient (Wildman–Crippen LogP) is 5.18. The van der Waals surface area contributed by atoms with Crippen molar-refractivity contribution in [3.05, 3.63) is 59.2 Å². The van der Waals surface area contributed by atoms with Crippen LogP contribution < -0.4 is 10.6 Å². The maximum Gasteiger partial charge on any atom is 0.416 e. The molecule has 0 aliphatic heterocycles. The van der Waals surface area contributed by atoms with E-state index in [0.29, 0.717) is 18.4 Å². The molecule has 0 radical (unpaired) electrons. The lowest BCUT2D eigenvalue weighted by atomic mass is 10.1. The Morgan fingerprint density at radius 3 is 1.85 bits per heavy atom. The van der Waals surface area contributed by atoms with Gasteiger partial charge in [0, 0.05) is 16.9 Å². The molecule has 10 heteroatoms. The minimum atomic E-state index is -5.02. The van der Waals surface area contributed by atoms with E-state index >= 15 is 0 Å². The van der Waals surface area contributed by atoms with Crippen molar-refractivity contribution in [2.75, 3.05) is 10.6 Å². The van der Waals surface area contributed by atoms with Gasteiger partial charge in [-0.3, -0.25) is 4.79 Å². The smallest absolute Gasteiger partial charge is 0.308 e. The lowest BCUT2D eigenvalue weighted by molar-refractivity contribution is -0.143. The molecule has 0 aliphatic carbocycles. The Morgan fingerprint density at radius 2 is 1.35 bits per heavy atom. The standard InChI is InChI=1S/C16H10F6N2O2/c17-15(18,19)10-5-11(16(20,21)22)7-13(6-10)24-14(26)23-12-3-1-2-9(4-12)8-25/h1-8H,(H2,23,24,26). The first-order valence-electron chi connectivity index (χ1n) is 6.92. The molecule has 0 aromatic heterocycles. The predicted molar refractivity (Wildman–Crippen MR) is 80.9 cm³/mol. The van der Waals surface area contributed by atoms with Crippen LogP contribution in [0.5, 0.6) is 0 Å². The zero-order valence-electron chi connectivity index (χ0n) is 12.7. The largest absolute Gasteiger partial charge is 0.416 e. The van der Waals surface area contributed by atoms with Crippen LogP contribution in [0.3, 0.4) is 0 Å². The van der Waals surface area contributed by atoms with Gasteiger partial charge in [-0.15, -0.1) is 0 Å². The molecule has 0 aliphatic rings. The number of hydrogen-bond donors (Lipinski definition) is 2. The highest BCUT2D eigenvalue weighted by Gasteiger charge is 2.37. The van der Waals surface area contributed by atoms with E-state index in [1.807, 2.05) is 5.32 Å². The molecule has 2 N–H and O–H groups in total. The fourth-order valence-corrected chi connectivity index (χ4v) is 2.01. The van der Waals surface area contributed by atoms with Crippen LogP contribution in [-0.2, 0) is 12.4 Å². The summed E-state index contributed by atoms with van der Waals surface area (Å²) in [6.45, 7) is 0. The molecule has 4 nitrogen and oxygen atoms in total. The monoisotopic (exact) mass is 376 g/mol. The Hall–Kier alpha value is -3.04. The second kappa shape index (κ2) is 7.06. The second-order valence-corrected chi connectivity index (χ2v) is 5.12. The van der Waals surface area contributed by atoms with Crippen LogP contribution in [0.25, 0.3) is 0 Å². The number of halogens is 6. The molecule has 2 amide bonds. The van der Waals surface area contributed by atoms with Crippen molar-refractivity contribution in [3.8, 4) is 0 Å². The summed E-state index contributed by atoms with van der Waals surface area (Å²) in [5.74, 6) is 0. The summed E-state index contributed by atoms with van der Waals surface area (Å²) in [6.07, 6.45) is -9.54. The molecule has 138 valence electrons. The number of rotatable bonds is 3. The fraction of sp³-hybridized carbons (Fsp3) is 0.125. The third-order valence-corrected chi connectivity index (χ3v) is 3.13. The number of carbonyl (C=O) groups excluding carboxylic acids is 2. The Labute approximate surface area is 142 Å². The molecule has 2 aromatic carbocycles. The molecule has 0 saturated carbocycles. The average Bonchev–Trinajstić information content (AvgIpc) is 2.53. The number of alkyl halides is 6. The van der Waals surface area contributed by atoms with Gasteiger partial charge in [0.1, 0.15) is 6.29 Å². The Kier molecular flexibility index (Phi) is 5.24. The van der Waals surface area contributed by atoms with Crippen LogP contribution in [-0.4, -0.2) is 12.3 Å². The molecule has 0 fully saturated rings. The maximum absolute atomic E-state index is 12.8. The summed E-state index contributed by atoms with van der Waals surface area (Å²) in [4.78, 5) is 22.5. The molecule has 2 rings (SSSR count). The van der Waals surface area contributed by atoms with Gasteiger partial charge >= 0.3 is 18.4 Å². The molecule has 0 heterocycles. The third-order valence-electron chi connectivity index (χ3n) is 3.13. The number of aldehydes is 1. The number of amides is 2. The maximum atomic E-state index is 12.8. The Balaban J connectivity index is 2.27. The zero-order chi connectivity index (χ0) is 19.5. The number of hydrogen-bond acceptors (Lipinski definition) is 2. The van der Waals surface area contributed by atoms with Gasteiger partial charge < -0.3 is 10.6 Å². The van der Waals surface area contributed by atoms with Crippen LogP contribution in [0.4, 0.5) is 42.5 Å². The summed E-state index contributed by atoms with van der Waals surface area (Å²) < 4.78 is 76.6. The Bertz CT molecular complexity index is 798. The van der Waals surface area contributed by atoms with Crippen molar-refractivity contribution in [1.82, 2.24) is 0 Å². The average molecular weight is 376 g/mol. The molecule has 2 aromatic rings. The van der Waals surface area contributed by atoms with Crippen LogP contribution in [0, 0.1) is 0 Å². The van der Waals surface area contributed by atoms with E-state index in [2.05, 4.69) is 5.32 Å². The summed E-state index contributed by atoms with van der Waals surface area (Å²) >= 11 is 0. The highest BCUT2D eigenvalue weighted by molar-refractivity contribution is 6.00. The molecule has 0 bridgehead atoms. The van der Waals surface area contributed by atoms with Gasteiger partial charge in [-0.25, -0.2) is 4.79 Å². The highest BCUT2D eigenvalue weighted by atomic mass is 19.4. The number of anilines is 2. The van der Waals surface area contributed by atoms with E-state index in [1.54, 1.807) is 0 Å². The van der Waals surface area contributed by atoms with Crippen molar-refractivity contribution >= 4 is 23.7 Å². The van der Waals surface area contributed by atoms with Crippen molar-refractivity contribution < 1.29 is 35.9 Å². The van der Waals surface area contributed by atoms with Gasteiger partial charge in [0.2, 0.25) is 0 Å². The van der Waals surface area contributed by atoms with E-state index in [4.69, 9.17) is 0 Å². The van der Waals surface area contributed by atoms with Gasteiger partial charge in [0.25, 0.3) is 0 Å². The minimum absolute atomic E-state index is 0.0450. The zero-order valence-corrected chi connectivity index (χ0v) is 12.7. The van der Waals surface area contributed by atoms with E-state index in [1.165, 1.54) is 24.3 Å². The topological polar surface area (TPSA) is 58.2 Å². The number of carbonyl (C=O) groups is 2. The van der Waals surface area contributed by atoms with E-state index < -0.39 is 35.2 Å². The minimum Gasteiger partial charge on any atom is -0.308 e. The lowest BCUT2D eigenvalue weighted by Gasteiger charge is -2.15. The number of nitrogens with one attached hydrogen (secondary N) is 2. The summed E-state index contributed by atoms with van der Waals surface area (Å²) in [5.41, 5.74) is -3.43. The van der Waals surface area contributed by atoms with Crippen LogP contribution in [0.2, 0.25) is 0 Å². The van der Waals surface area contributed by atoms with Gasteiger partial charge in [-0.1, -0.05) is 12.1 Å². The molecule has 0 saturated heterocycles. The fourth-order valence-electron chi connectivity index (χ4n) is 2.01. The van der Waals surface area contributed by atoms with Gasteiger partial charge in [0.05, 0.1) is 11.1 Å². The third kappa shape index (κ3) is 4.98. The summed E-state index contributed by atoms with van der Waals surface area (Å²) in [6, 6.07) is 5.20. The first kappa shape index (κ1) is 19.3. The first-order valence-corrected chi connectivity index (χ1v) is 6.92. The first-order chi connectivity index (χ1) is 12.0. The molecule has 0 spiro atoms.